The van der Waals surface area contributed by atoms with E-state index in [1.54, 1.807) is 6.08 Å². The van der Waals surface area contributed by atoms with Gasteiger partial charge in [-0.2, -0.15) is 0 Å². The standard InChI is InChI=1S/C54H95NO10/c1-3-5-7-9-11-13-15-16-17-18-21-24-28-32-36-40-47(57)46(45-64-54-53(62)52(61)51(60)48(44-56)65-54)55-49(58)41-37-33-29-25-22-19-23-27-31-35-39-43-63-50(59)42-38-34-30-26-20-14-12-10-8-6-4-2/h10,12,15-16,21,23-24,27,36,40,46-48,51-54,56-57,60-62H,3-9,11,13-14,17-20,22,25-26,28-35,37-39,41-45H2,1-2H3,(H,55,58)/b12-10-,16-15+,24-21+,27-23-,40-36+. The van der Waals surface area contributed by atoms with Gasteiger partial charge in [0.25, 0.3) is 0 Å². The largest absolute Gasteiger partial charge is 0.466 e. The first-order valence-electron chi connectivity index (χ1n) is 26.1. The van der Waals surface area contributed by atoms with Gasteiger partial charge in [0.15, 0.2) is 6.29 Å². The highest BCUT2D eigenvalue weighted by Gasteiger charge is 2.44. The molecular formula is C54H95NO10. The second kappa shape index (κ2) is 43.9. The normalized spacial score (nSPS) is 20.3. The molecule has 0 bridgehead atoms. The van der Waals surface area contributed by atoms with Gasteiger partial charge in [-0.15, -0.1) is 0 Å². The number of nitrogens with one attached hydrogen (secondary N) is 1. The van der Waals surface area contributed by atoms with E-state index >= 15 is 0 Å². The molecule has 65 heavy (non-hydrogen) atoms. The van der Waals surface area contributed by atoms with E-state index in [1.165, 1.54) is 77.0 Å². The van der Waals surface area contributed by atoms with Gasteiger partial charge in [-0.25, -0.2) is 0 Å². The molecule has 0 spiro atoms. The fourth-order valence-corrected chi connectivity index (χ4v) is 7.56. The minimum atomic E-state index is -1.59. The molecule has 11 heteroatoms. The first kappa shape index (κ1) is 60.4. The third-order valence-electron chi connectivity index (χ3n) is 11.8. The Hall–Kier alpha value is -2.64. The van der Waals surface area contributed by atoms with E-state index in [0.717, 1.165) is 89.9 Å². The number of hydrogen-bond acceptors (Lipinski definition) is 10. The summed E-state index contributed by atoms with van der Waals surface area (Å²) in [6.07, 6.45) is 44.3. The van der Waals surface area contributed by atoms with Crippen molar-refractivity contribution >= 4 is 11.9 Å². The molecule has 0 radical (unpaired) electrons. The van der Waals surface area contributed by atoms with Crippen LogP contribution in [0.1, 0.15) is 206 Å². The lowest BCUT2D eigenvalue weighted by Gasteiger charge is -2.40. The molecule has 1 aliphatic rings. The van der Waals surface area contributed by atoms with Crippen molar-refractivity contribution in [3.05, 3.63) is 60.8 Å². The Morgan fingerprint density at radius 2 is 1.02 bits per heavy atom. The van der Waals surface area contributed by atoms with Crippen LogP contribution in [0, 0.1) is 0 Å². The third kappa shape index (κ3) is 34.3. The zero-order chi connectivity index (χ0) is 47.4. The summed E-state index contributed by atoms with van der Waals surface area (Å²) in [5, 5.41) is 54.2. The lowest BCUT2D eigenvalue weighted by molar-refractivity contribution is -0.302. The van der Waals surface area contributed by atoms with Crippen molar-refractivity contribution in [3.63, 3.8) is 0 Å². The third-order valence-corrected chi connectivity index (χ3v) is 11.8. The fraction of sp³-hybridized carbons (Fsp3) is 0.778. The molecule has 0 aromatic carbocycles. The number of ether oxygens (including phenoxy) is 3. The number of amides is 1. The summed E-state index contributed by atoms with van der Waals surface area (Å²) in [7, 11) is 0. The van der Waals surface area contributed by atoms with Crippen molar-refractivity contribution in [2.24, 2.45) is 0 Å². The Bertz CT molecular complexity index is 1270. The van der Waals surface area contributed by atoms with Crippen molar-refractivity contribution in [3.8, 4) is 0 Å². The van der Waals surface area contributed by atoms with Gasteiger partial charge in [-0.05, 0) is 103 Å². The van der Waals surface area contributed by atoms with Crippen LogP contribution >= 0.6 is 0 Å². The molecule has 1 amide bonds. The average Bonchev–Trinajstić information content (AvgIpc) is 3.30. The predicted molar refractivity (Wildman–Crippen MR) is 264 cm³/mol. The highest BCUT2D eigenvalue weighted by molar-refractivity contribution is 5.76. The lowest BCUT2D eigenvalue weighted by atomic mass is 9.99. The Labute approximate surface area is 395 Å². The number of aliphatic hydroxyl groups excluding tert-OH is 5. The van der Waals surface area contributed by atoms with E-state index in [0.29, 0.717) is 32.3 Å². The number of hydrogen-bond donors (Lipinski definition) is 6. The molecule has 1 rings (SSSR count). The molecule has 0 aromatic heterocycles. The first-order chi connectivity index (χ1) is 31.7. The molecule has 1 heterocycles. The van der Waals surface area contributed by atoms with Crippen molar-refractivity contribution < 1.29 is 49.3 Å². The number of carbonyl (C=O) groups excluding carboxylic acids is 2. The number of allylic oxidation sites excluding steroid dienone is 9. The molecule has 7 atom stereocenters. The molecule has 0 aromatic rings. The van der Waals surface area contributed by atoms with Gasteiger partial charge >= 0.3 is 5.97 Å². The van der Waals surface area contributed by atoms with Gasteiger partial charge in [0.05, 0.1) is 32.0 Å². The van der Waals surface area contributed by atoms with Crippen LogP contribution in [0.4, 0.5) is 0 Å². The zero-order valence-electron chi connectivity index (χ0n) is 40.9. The highest BCUT2D eigenvalue weighted by atomic mass is 16.7. The summed E-state index contributed by atoms with van der Waals surface area (Å²) in [6.45, 7) is 4.14. The lowest BCUT2D eigenvalue weighted by Crippen LogP contribution is -2.60. The van der Waals surface area contributed by atoms with Gasteiger partial charge in [-0.3, -0.25) is 9.59 Å². The molecule has 7 unspecified atom stereocenters. The zero-order valence-corrected chi connectivity index (χ0v) is 40.9. The summed E-state index contributed by atoms with van der Waals surface area (Å²) >= 11 is 0. The van der Waals surface area contributed by atoms with Gasteiger partial charge in [0.1, 0.15) is 24.4 Å². The van der Waals surface area contributed by atoms with Crippen LogP contribution in [0.3, 0.4) is 0 Å². The highest BCUT2D eigenvalue weighted by Crippen LogP contribution is 2.22. The molecule has 11 nitrogen and oxygen atoms in total. The van der Waals surface area contributed by atoms with Crippen LogP contribution < -0.4 is 5.32 Å². The van der Waals surface area contributed by atoms with E-state index in [9.17, 15) is 35.1 Å². The van der Waals surface area contributed by atoms with Crippen molar-refractivity contribution in [1.29, 1.82) is 0 Å². The predicted octanol–water partition coefficient (Wildman–Crippen LogP) is 10.7. The minimum Gasteiger partial charge on any atom is -0.466 e. The Balaban J connectivity index is 2.29. The smallest absolute Gasteiger partial charge is 0.305 e. The van der Waals surface area contributed by atoms with Crippen molar-refractivity contribution in [1.82, 2.24) is 5.32 Å². The molecule has 376 valence electrons. The number of rotatable bonds is 43. The Morgan fingerprint density at radius 3 is 1.57 bits per heavy atom. The monoisotopic (exact) mass is 918 g/mol. The summed E-state index contributed by atoms with van der Waals surface area (Å²) in [4.78, 5) is 25.0. The second-order valence-electron chi connectivity index (χ2n) is 17.8. The topological polar surface area (TPSA) is 175 Å². The molecule has 1 saturated heterocycles. The van der Waals surface area contributed by atoms with Crippen LogP contribution in [0.2, 0.25) is 0 Å². The van der Waals surface area contributed by atoms with Gasteiger partial charge in [0.2, 0.25) is 5.91 Å². The van der Waals surface area contributed by atoms with E-state index in [4.69, 9.17) is 14.2 Å². The number of esters is 1. The van der Waals surface area contributed by atoms with Crippen LogP contribution in [0.5, 0.6) is 0 Å². The molecule has 0 saturated carbocycles. The molecule has 1 fully saturated rings. The maximum absolute atomic E-state index is 13.0. The van der Waals surface area contributed by atoms with Crippen LogP contribution in [-0.2, 0) is 23.8 Å². The number of aliphatic hydroxyl groups is 5. The van der Waals surface area contributed by atoms with Crippen LogP contribution in [-0.4, -0.2) is 100 Å². The maximum atomic E-state index is 13.0. The number of unbranched alkanes of at least 4 members (excludes halogenated alkanes) is 21. The molecule has 6 N–H and O–H groups in total. The van der Waals surface area contributed by atoms with Gasteiger partial charge in [-0.1, -0.05) is 152 Å². The molecule has 0 aliphatic carbocycles. The second-order valence-corrected chi connectivity index (χ2v) is 17.8. The van der Waals surface area contributed by atoms with E-state index < -0.39 is 49.5 Å². The Morgan fingerprint density at radius 1 is 0.554 bits per heavy atom. The summed E-state index contributed by atoms with van der Waals surface area (Å²) in [5.74, 6) is -0.300. The first-order valence-corrected chi connectivity index (χ1v) is 26.1. The summed E-state index contributed by atoms with van der Waals surface area (Å²) < 4.78 is 16.6. The molecular weight excluding hydrogens is 823 g/mol. The quantitative estimate of drug-likeness (QED) is 0.0196. The fourth-order valence-electron chi connectivity index (χ4n) is 7.56. The van der Waals surface area contributed by atoms with E-state index in [1.807, 2.05) is 6.08 Å². The molecule has 1 aliphatic heterocycles. The number of carbonyl (C=O) groups is 2. The maximum Gasteiger partial charge on any atom is 0.305 e. The minimum absolute atomic E-state index is 0.0715. The van der Waals surface area contributed by atoms with Gasteiger partial charge in [0, 0.05) is 12.8 Å². The van der Waals surface area contributed by atoms with E-state index in [-0.39, 0.29) is 18.5 Å². The average molecular weight is 918 g/mol. The van der Waals surface area contributed by atoms with Crippen LogP contribution in [0.25, 0.3) is 0 Å². The van der Waals surface area contributed by atoms with E-state index in [2.05, 4.69) is 67.8 Å². The van der Waals surface area contributed by atoms with Crippen LogP contribution in [0.15, 0.2) is 60.8 Å². The van der Waals surface area contributed by atoms with Crippen molar-refractivity contribution in [2.75, 3.05) is 19.8 Å². The summed E-state index contributed by atoms with van der Waals surface area (Å²) in [6, 6.07) is -0.857. The van der Waals surface area contributed by atoms with Gasteiger partial charge < -0.3 is 45.1 Å². The Kier molecular flexibility index (Phi) is 40.8. The van der Waals surface area contributed by atoms with Crippen molar-refractivity contribution in [2.45, 2.75) is 249 Å². The summed E-state index contributed by atoms with van der Waals surface area (Å²) in [5.41, 5.74) is 0. The SMILES string of the molecule is CCCC/C=C\CCCCCCCC(=O)OCCCC/C=C\CCCCCCCC(=O)NC(COC1OC(CO)C(O)C(O)C1O)C(O)/C=C/CC/C=C/CC/C=C/CCCCCCC.